The van der Waals surface area contributed by atoms with Crippen molar-refractivity contribution in [3.63, 3.8) is 0 Å². The Morgan fingerprint density at radius 2 is 2.39 bits per heavy atom. The minimum Gasteiger partial charge on any atom is -0.465 e. The van der Waals surface area contributed by atoms with E-state index in [0.717, 1.165) is 11.3 Å². The lowest BCUT2D eigenvalue weighted by molar-refractivity contribution is -0.137. The van der Waals surface area contributed by atoms with Gasteiger partial charge in [-0.25, -0.2) is 4.98 Å². The molecule has 1 fully saturated rings. The molecule has 1 atom stereocenters. The first-order valence-electron chi connectivity index (χ1n) is 5.71. The van der Waals surface area contributed by atoms with Crippen LogP contribution in [0.3, 0.4) is 0 Å². The Bertz CT molecular complexity index is 487. The molecule has 2 heterocycles. The maximum Gasteiger partial charge on any atom is 0.306 e. The van der Waals surface area contributed by atoms with Crippen molar-refractivity contribution in [2.24, 2.45) is 5.92 Å². The molecule has 0 aliphatic carbocycles. The lowest BCUT2D eigenvalue weighted by Crippen LogP contribution is -2.30. The monoisotopic (exact) mass is 249 g/mol. The Kier molecular flexibility index (Phi) is 3.45. The minimum absolute atomic E-state index is 0.158. The van der Waals surface area contributed by atoms with Crippen molar-refractivity contribution in [1.82, 2.24) is 10.3 Å². The van der Waals surface area contributed by atoms with Gasteiger partial charge in [-0.15, -0.1) is 0 Å². The number of nitrogen functional groups attached to an aromatic ring is 1. The summed E-state index contributed by atoms with van der Waals surface area (Å²) in [6.45, 7) is 2.38. The van der Waals surface area contributed by atoms with Gasteiger partial charge in [-0.2, -0.15) is 0 Å². The van der Waals surface area contributed by atoms with E-state index in [2.05, 4.69) is 10.3 Å². The van der Waals surface area contributed by atoms with Crippen molar-refractivity contribution < 1.29 is 14.3 Å². The van der Waals surface area contributed by atoms with Crippen LogP contribution in [-0.4, -0.2) is 23.5 Å². The van der Waals surface area contributed by atoms with Crippen molar-refractivity contribution in [3.05, 3.63) is 23.4 Å². The Balaban J connectivity index is 1.91. The van der Waals surface area contributed by atoms with Gasteiger partial charge in [0.1, 0.15) is 12.4 Å². The average Bonchev–Trinajstić information content (AvgIpc) is 2.74. The topological polar surface area (TPSA) is 94.3 Å². The van der Waals surface area contributed by atoms with Gasteiger partial charge >= 0.3 is 5.97 Å². The number of aryl methyl sites for hydroxylation is 1. The molecule has 6 nitrogen and oxygen atoms in total. The van der Waals surface area contributed by atoms with Crippen LogP contribution in [0.5, 0.6) is 0 Å². The number of pyridine rings is 1. The van der Waals surface area contributed by atoms with E-state index in [9.17, 15) is 9.59 Å². The summed E-state index contributed by atoms with van der Waals surface area (Å²) in [5.74, 6) is -0.408. The van der Waals surface area contributed by atoms with Crippen LogP contribution in [0, 0.1) is 12.8 Å². The molecule has 1 aliphatic heterocycles. The van der Waals surface area contributed by atoms with E-state index in [0.29, 0.717) is 12.4 Å². The molecule has 1 aromatic heterocycles. The van der Waals surface area contributed by atoms with Crippen LogP contribution in [-0.2, 0) is 20.9 Å². The van der Waals surface area contributed by atoms with E-state index in [-0.39, 0.29) is 30.8 Å². The molecule has 1 aliphatic rings. The average molecular weight is 249 g/mol. The molecule has 6 heteroatoms. The van der Waals surface area contributed by atoms with Gasteiger partial charge in [0, 0.05) is 12.2 Å². The summed E-state index contributed by atoms with van der Waals surface area (Å²) >= 11 is 0. The third-order valence-corrected chi connectivity index (χ3v) is 2.90. The van der Waals surface area contributed by atoms with E-state index < -0.39 is 0 Å². The van der Waals surface area contributed by atoms with Crippen molar-refractivity contribution in [2.45, 2.75) is 19.9 Å². The lowest BCUT2D eigenvalue weighted by Gasteiger charge is -2.10. The summed E-state index contributed by atoms with van der Waals surface area (Å²) in [5, 5.41) is 2.77. The quantitative estimate of drug-likeness (QED) is 0.744. The predicted octanol–water partition coefficient (Wildman–Crippen LogP) is 0.152. The maximum atomic E-state index is 11.8. The van der Waals surface area contributed by atoms with Crippen LogP contribution in [0.1, 0.15) is 17.7 Å². The fourth-order valence-corrected chi connectivity index (χ4v) is 1.80. The largest absolute Gasteiger partial charge is 0.465 e. The predicted molar refractivity (Wildman–Crippen MR) is 64.3 cm³/mol. The number of nitrogens with one attached hydrogen (secondary N) is 1. The molecule has 0 aromatic carbocycles. The van der Waals surface area contributed by atoms with Crippen molar-refractivity contribution >= 4 is 17.7 Å². The smallest absolute Gasteiger partial charge is 0.306 e. The van der Waals surface area contributed by atoms with Crippen LogP contribution in [0.15, 0.2) is 12.1 Å². The number of carbonyl (C=O) groups is 2. The molecule has 2 rings (SSSR count). The molecule has 18 heavy (non-hydrogen) atoms. The second kappa shape index (κ2) is 5.03. The van der Waals surface area contributed by atoms with Gasteiger partial charge in [-0.05, 0) is 18.6 Å². The first-order valence-corrected chi connectivity index (χ1v) is 5.71. The van der Waals surface area contributed by atoms with E-state index in [1.54, 1.807) is 6.07 Å². The third kappa shape index (κ3) is 2.77. The van der Waals surface area contributed by atoms with Crippen LogP contribution in [0.25, 0.3) is 0 Å². The summed E-state index contributed by atoms with van der Waals surface area (Å²) < 4.78 is 4.75. The molecule has 1 saturated heterocycles. The summed E-state index contributed by atoms with van der Waals surface area (Å²) in [7, 11) is 0. The number of esters is 1. The SMILES string of the molecule is Cc1nc(N)ccc1CNC(=O)C1COC(=O)C1. The van der Waals surface area contributed by atoms with E-state index in [4.69, 9.17) is 10.5 Å². The van der Waals surface area contributed by atoms with Gasteiger partial charge in [0.2, 0.25) is 5.91 Å². The Labute approximate surface area is 105 Å². The number of hydrogen-bond donors (Lipinski definition) is 2. The number of anilines is 1. The van der Waals surface area contributed by atoms with E-state index >= 15 is 0 Å². The molecule has 1 unspecified atom stereocenters. The fourth-order valence-electron chi connectivity index (χ4n) is 1.80. The molecule has 0 spiro atoms. The van der Waals surface area contributed by atoms with E-state index in [1.165, 1.54) is 0 Å². The van der Waals surface area contributed by atoms with Gasteiger partial charge in [-0.3, -0.25) is 9.59 Å². The maximum absolute atomic E-state index is 11.8. The number of cyclic esters (lactones) is 1. The summed E-state index contributed by atoms with van der Waals surface area (Å²) in [6, 6.07) is 3.52. The van der Waals surface area contributed by atoms with Crippen LogP contribution < -0.4 is 11.1 Å². The van der Waals surface area contributed by atoms with Gasteiger partial charge in [0.25, 0.3) is 0 Å². The Hall–Kier alpha value is -2.11. The molecule has 0 bridgehead atoms. The molecular weight excluding hydrogens is 234 g/mol. The number of rotatable bonds is 3. The molecule has 96 valence electrons. The Morgan fingerprint density at radius 3 is 3.00 bits per heavy atom. The van der Waals surface area contributed by atoms with Gasteiger partial charge in [0.15, 0.2) is 0 Å². The van der Waals surface area contributed by atoms with Crippen LogP contribution in [0.2, 0.25) is 0 Å². The van der Waals surface area contributed by atoms with E-state index in [1.807, 2.05) is 13.0 Å². The van der Waals surface area contributed by atoms with Crippen LogP contribution >= 0.6 is 0 Å². The summed E-state index contributed by atoms with van der Waals surface area (Å²) in [6.07, 6.45) is 0.158. The number of carbonyl (C=O) groups excluding carboxylic acids is 2. The zero-order valence-electron chi connectivity index (χ0n) is 10.1. The zero-order chi connectivity index (χ0) is 13.1. The lowest BCUT2D eigenvalue weighted by atomic mass is 10.1. The number of nitrogens with two attached hydrogens (primary N) is 1. The van der Waals surface area contributed by atoms with Crippen LogP contribution in [0.4, 0.5) is 5.82 Å². The standard InChI is InChI=1S/C12H15N3O3/c1-7-8(2-3-10(13)15-7)5-14-12(17)9-4-11(16)18-6-9/h2-3,9H,4-6H2,1H3,(H2,13,15)(H,14,17). The van der Waals surface area contributed by atoms with Gasteiger partial charge < -0.3 is 15.8 Å². The highest BCUT2D eigenvalue weighted by molar-refractivity contribution is 5.86. The second-order valence-corrected chi connectivity index (χ2v) is 4.28. The number of hydrogen-bond acceptors (Lipinski definition) is 5. The Morgan fingerprint density at radius 1 is 1.61 bits per heavy atom. The molecule has 0 saturated carbocycles. The molecule has 3 N–H and O–H groups in total. The molecular formula is C12H15N3O3. The van der Waals surface area contributed by atoms with Crippen molar-refractivity contribution in [1.29, 1.82) is 0 Å². The number of aromatic nitrogens is 1. The first-order chi connectivity index (χ1) is 8.56. The highest BCUT2D eigenvalue weighted by Crippen LogP contribution is 2.14. The fraction of sp³-hybridized carbons (Fsp3) is 0.417. The van der Waals surface area contributed by atoms with Crippen molar-refractivity contribution in [3.8, 4) is 0 Å². The molecule has 0 radical (unpaired) electrons. The number of amides is 1. The summed E-state index contributed by atoms with van der Waals surface area (Å²) in [5.41, 5.74) is 7.24. The highest BCUT2D eigenvalue weighted by atomic mass is 16.5. The third-order valence-electron chi connectivity index (χ3n) is 2.90. The second-order valence-electron chi connectivity index (χ2n) is 4.28. The first kappa shape index (κ1) is 12.3. The highest BCUT2D eigenvalue weighted by Gasteiger charge is 2.29. The number of nitrogens with zero attached hydrogens (tertiary/aromatic N) is 1. The number of ether oxygens (including phenoxy) is 1. The minimum atomic E-state index is -0.375. The van der Waals surface area contributed by atoms with Gasteiger partial charge in [-0.1, -0.05) is 6.07 Å². The zero-order valence-corrected chi connectivity index (χ0v) is 10.1. The van der Waals surface area contributed by atoms with Gasteiger partial charge in [0.05, 0.1) is 12.3 Å². The normalized spacial score (nSPS) is 18.5. The van der Waals surface area contributed by atoms with Crippen molar-refractivity contribution in [2.75, 3.05) is 12.3 Å². The molecule has 1 aromatic rings. The summed E-state index contributed by atoms with van der Waals surface area (Å²) in [4.78, 5) is 26.8. The molecule has 1 amide bonds.